The van der Waals surface area contributed by atoms with Gasteiger partial charge in [-0.25, -0.2) is 15.0 Å². The number of hydrogen-bond acceptors (Lipinski definition) is 9. The first-order valence-electron chi connectivity index (χ1n) is 14.5. The number of piperazine rings is 1. The van der Waals surface area contributed by atoms with Crippen LogP contribution in [0.25, 0.3) is 11.3 Å². The van der Waals surface area contributed by atoms with Crippen molar-refractivity contribution in [2.45, 2.75) is 45.7 Å². The SMILES string of the molecule is COC(=O)CC1CCN(Cc2cc(Oc3cnc(N4CCN(C(C)=O)C(C)C4)nc3)nc(-c3cc(Cl)cc(Cl)c3)c2)CC1. The molecule has 1 amide bonds. The molecule has 0 spiro atoms. The number of benzene rings is 1. The Morgan fingerprint density at radius 1 is 0.977 bits per heavy atom. The van der Waals surface area contributed by atoms with Crippen LogP contribution in [0.1, 0.15) is 38.7 Å². The van der Waals surface area contributed by atoms with Gasteiger partial charge in [-0.3, -0.25) is 14.5 Å². The average Bonchev–Trinajstić information content (AvgIpc) is 2.97. The van der Waals surface area contributed by atoms with Crippen LogP contribution in [0.5, 0.6) is 11.6 Å². The molecular formula is C31H36Cl2N6O4. The van der Waals surface area contributed by atoms with Crippen molar-refractivity contribution >= 4 is 41.0 Å². The number of rotatable bonds is 8. The fourth-order valence-electron chi connectivity index (χ4n) is 5.73. The van der Waals surface area contributed by atoms with Gasteiger partial charge in [0.15, 0.2) is 5.75 Å². The summed E-state index contributed by atoms with van der Waals surface area (Å²) in [5.41, 5.74) is 2.50. The molecular weight excluding hydrogens is 591 g/mol. The molecule has 0 N–H and O–H groups in total. The minimum atomic E-state index is -0.152. The number of amides is 1. The maximum Gasteiger partial charge on any atom is 0.305 e. The maximum absolute atomic E-state index is 11.8. The van der Waals surface area contributed by atoms with Crippen molar-refractivity contribution in [1.82, 2.24) is 24.8 Å². The molecule has 5 rings (SSSR count). The molecule has 4 heterocycles. The van der Waals surface area contributed by atoms with E-state index in [4.69, 9.17) is 37.7 Å². The zero-order valence-corrected chi connectivity index (χ0v) is 26.1. The second kappa shape index (κ2) is 13.9. The number of nitrogens with zero attached hydrogens (tertiary/aromatic N) is 6. The van der Waals surface area contributed by atoms with E-state index >= 15 is 0 Å². The third-order valence-corrected chi connectivity index (χ3v) is 8.40. The molecule has 2 aliphatic heterocycles. The van der Waals surface area contributed by atoms with E-state index in [0.717, 1.165) is 37.1 Å². The molecule has 10 nitrogen and oxygen atoms in total. The number of anilines is 1. The van der Waals surface area contributed by atoms with E-state index in [1.807, 2.05) is 36.1 Å². The quantitative estimate of drug-likeness (QED) is 0.301. The molecule has 0 radical (unpaired) electrons. The first-order chi connectivity index (χ1) is 20.7. The van der Waals surface area contributed by atoms with E-state index in [9.17, 15) is 9.59 Å². The highest BCUT2D eigenvalue weighted by Gasteiger charge is 2.27. The second-order valence-electron chi connectivity index (χ2n) is 11.2. The van der Waals surface area contributed by atoms with E-state index < -0.39 is 0 Å². The Balaban J connectivity index is 1.32. The number of aromatic nitrogens is 3. The fourth-order valence-corrected chi connectivity index (χ4v) is 6.26. The minimum Gasteiger partial charge on any atom is -0.469 e. The summed E-state index contributed by atoms with van der Waals surface area (Å²) in [5.74, 6) is 1.73. The summed E-state index contributed by atoms with van der Waals surface area (Å²) < 4.78 is 11.0. The van der Waals surface area contributed by atoms with Crippen LogP contribution in [0.2, 0.25) is 10.0 Å². The van der Waals surface area contributed by atoms with Gasteiger partial charge in [0.2, 0.25) is 17.7 Å². The van der Waals surface area contributed by atoms with Crippen molar-refractivity contribution in [1.29, 1.82) is 0 Å². The van der Waals surface area contributed by atoms with Crippen LogP contribution >= 0.6 is 23.2 Å². The van der Waals surface area contributed by atoms with Crippen molar-refractivity contribution in [3.05, 3.63) is 58.3 Å². The number of likely N-dealkylation sites (tertiary alicyclic amines) is 1. The number of esters is 1. The van der Waals surface area contributed by atoms with Gasteiger partial charge >= 0.3 is 5.97 Å². The van der Waals surface area contributed by atoms with Crippen LogP contribution in [-0.2, 0) is 20.9 Å². The smallest absolute Gasteiger partial charge is 0.305 e. The monoisotopic (exact) mass is 626 g/mol. The molecule has 0 saturated carbocycles. The van der Waals surface area contributed by atoms with Gasteiger partial charge in [-0.1, -0.05) is 23.2 Å². The third kappa shape index (κ3) is 8.13. The number of piperidine rings is 1. The first-order valence-corrected chi connectivity index (χ1v) is 15.2. The molecule has 2 aliphatic rings. The van der Waals surface area contributed by atoms with Crippen LogP contribution in [0.4, 0.5) is 5.95 Å². The number of halogens is 2. The van der Waals surface area contributed by atoms with Gasteiger partial charge in [-0.15, -0.1) is 0 Å². The van der Waals surface area contributed by atoms with Gasteiger partial charge in [0.05, 0.1) is 25.2 Å². The number of carbonyl (C=O) groups excluding carboxylic acids is 2. The highest BCUT2D eigenvalue weighted by Crippen LogP contribution is 2.31. The number of methoxy groups -OCH3 is 1. The zero-order valence-electron chi connectivity index (χ0n) is 24.6. The van der Waals surface area contributed by atoms with Crippen molar-refractivity contribution in [2.24, 2.45) is 5.92 Å². The van der Waals surface area contributed by atoms with Gasteiger partial charge in [-0.05, 0) is 68.6 Å². The molecule has 2 saturated heterocycles. The van der Waals surface area contributed by atoms with E-state index in [-0.39, 0.29) is 17.9 Å². The average molecular weight is 628 g/mol. The highest BCUT2D eigenvalue weighted by atomic mass is 35.5. The van der Waals surface area contributed by atoms with E-state index in [0.29, 0.717) is 71.8 Å². The summed E-state index contributed by atoms with van der Waals surface area (Å²) in [7, 11) is 1.44. The number of carbonyl (C=O) groups is 2. The lowest BCUT2D eigenvalue weighted by Crippen LogP contribution is -2.53. The number of hydrogen-bond donors (Lipinski definition) is 0. The Bertz CT molecular complexity index is 1430. The second-order valence-corrected chi connectivity index (χ2v) is 12.1. The number of pyridine rings is 1. The van der Waals surface area contributed by atoms with E-state index in [2.05, 4.69) is 19.8 Å². The van der Waals surface area contributed by atoms with Crippen LogP contribution in [0.3, 0.4) is 0 Å². The largest absolute Gasteiger partial charge is 0.469 e. The third-order valence-electron chi connectivity index (χ3n) is 7.97. The number of ether oxygens (including phenoxy) is 2. The Morgan fingerprint density at radius 2 is 1.67 bits per heavy atom. The standard InChI is InChI=1S/C31H36Cl2N6O4/c1-20-18-38(8-9-39(20)21(2)40)31-34-16-27(17-35-31)43-29-11-23(10-28(36-29)24-13-25(32)15-26(33)14-24)19-37-6-4-22(5-7-37)12-30(41)42-3/h10-11,13-17,20,22H,4-9,12,18-19H2,1-3H3. The lowest BCUT2D eigenvalue weighted by Gasteiger charge is -2.39. The van der Waals surface area contributed by atoms with Crippen LogP contribution < -0.4 is 9.64 Å². The molecule has 1 atom stereocenters. The highest BCUT2D eigenvalue weighted by molar-refractivity contribution is 6.35. The summed E-state index contributed by atoms with van der Waals surface area (Å²) in [5, 5.41) is 1.04. The molecule has 228 valence electrons. The summed E-state index contributed by atoms with van der Waals surface area (Å²) in [6.07, 6.45) is 5.62. The maximum atomic E-state index is 11.8. The summed E-state index contributed by atoms with van der Waals surface area (Å²) >= 11 is 12.6. The van der Waals surface area contributed by atoms with E-state index in [1.165, 1.54) is 7.11 Å². The predicted octanol–water partition coefficient (Wildman–Crippen LogP) is 5.47. The lowest BCUT2D eigenvalue weighted by molar-refractivity contribution is -0.142. The Hall–Kier alpha value is -3.47. The van der Waals surface area contributed by atoms with Crippen LogP contribution in [0, 0.1) is 5.92 Å². The fraction of sp³-hybridized carbons (Fsp3) is 0.452. The Morgan fingerprint density at radius 3 is 2.30 bits per heavy atom. The van der Waals surface area contributed by atoms with Gasteiger partial charge in [0.1, 0.15) is 0 Å². The predicted molar refractivity (Wildman–Crippen MR) is 165 cm³/mol. The van der Waals surface area contributed by atoms with Gasteiger partial charge in [0.25, 0.3) is 0 Å². The lowest BCUT2D eigenvalue weighted by atomic mass is 9.93. The normalized spacial score (nSPS) is 18.0. The topological polar surface area (TPSA) is 101 Å². The minimum absolute atomic E-state index is 0.0778. The summed E-state index contributed by atoms with van der Waals surface area (Å²) in [6, 6.07) is 9.36. The van der Waals surface area contributed by atoms with E-state index in [1.54, 1.807) is 25.4 Å². The zero-order chi connectivity index (χ0) is 30.5. The van der Waals surface area contributed by atoms with Gasteiger partial charge < -0.3 is 19.3 Å². The molecule has 12 heteroatoms. The van der Waals surface area contributed by atoms with Crippen molar-refractivity contribution < 1.29 is 19.1 Å². The van der Waals surface area contributed by atoms with Crippen molar-refractivity contribution in [2.75, 3.05) is 44.7 Å². The molecule has 0 aliphatic carbocycles. The summed E-state index contributed by atoms with van der Waals surface area (Å²) in [4.78, 5) is 43.7. The van der Waals surface area contributed by atoms with Gasteiger partial charge in [0, 0.05) is 67.2 Å². The molecule has 1 aromatic carbocycles. The van der Waals surface area contributed by atoms with Crippen molar-refractivity contribution in [3.63, 3.8) is 0 Å². The molecule has 1 unspecified atom stereocenters. The molecule has 2 aromatic heterocycles. The van der Waals surface area contributed by atoms with Crippen LogP contribution in [0.15, 0.2) is 42.7 Å². The Labute approximate surface area is 261 Å². The van der Waals surface area contributed by atoms with Crippen molar-refractivity contribution in [3.8, 4) is 22.9 Å². The van der Waals surface area contributed by atoms with Crippen LogP contribution in [-0.4, -0.2) is 82.5 Å². The molecule has 3 aromatic rings. The van der Waals surface area contributed by atoms with Gasteiger partial charge in [-0.2, -0.15) is 0 Å². The Kier molecular flexibility index (Phi) is 10.00. The summed E-state index contributed by atoms with van der Waals surface area (Å²) in [6.45, 7) is 8.05. The molecule has 43 heavy (non-hydrogen) atoms. The molecule has 2 fully saturated rings. The first kappa shape index (κ1) is 31.0. The molecule has 0 bridgehead atoms.